The number of likely N-dealkylation sites (tertiary alicyclic amines) is 1. The van der Waals surface area contributed by atoms with Gasteiger partial charge < -0.3 is 4.90 Å². The van der Waals surface area contributed by atoms with Crippen LogP contribution in [-0.2, 0) is 0 Å². The summed E-state index contributed by atoms with van der Waals surface area (Å²) < 4.78 is 0. The molecule has 1 fully saturated rings. The molecule has 1 unspecified atom stereocenters. The molecule has 13 heavy (non-hydrogen) atoms. The first kappa shape index (κ1) is 8.22. The summed E-state index contributed by atoms with van der Waals surface area (Å²) in [7, 11) is 0. The number of aromatic nitrogens is 3. The second kappa shape index (κ2) is 3.16. The van der Waals surface area contributed by atoms with Crippen molar-refractivity contribution >= 4 is 5.91 Å². The first-order chi connectivity index (χ1) is 6.29. The van der Waals surface area contributed by atoms with Crippen LogP contribution in [-0.4, -0.2) is 38.8 Å². The SMILES string of the molecule is CC1CCCN1C(=O)c1cn[nH]n1. The van der Waals surface area contributed by atoms with Crippen molar-refractivity contribution in [2.75, 3.05) is 6.54 Å². The Balaban J connectivity index is 2.13. The average Bonchev–Trinajstić information content (AvgIpc) is 2.72. The van der Waals surface area contributed by atoms with Crippen molar-refractivity contribution in [2.24, 2.45) is 0 Å². The zero-order valence-corrected chi connectivity index (χ0v) is 7.53. The van der Waals surface area contributed by atoms with Crippen molar-refractivity contribution in [1.82, 2.24) is 20.3 Å². The summed E-state index contributed by atoms with van der Waals surface area (Å²) in [4.78, 5) is 13.6. The summed E-state index contributed by atoms with van der Waals surface area (Å²) in [6.07, 6.45) is 3.64. The minimum absolute atomic E-state index is 0.0150. The van der Waals surface area contributed by atoms with Crippen LogP contribution in [0, 0.1) is 0 Å². The number of nitrogens with zero attached hydrogens (tertiary/aromatic N) is 3. The van der Waals surface area contributed by atoms with E-state index < -0.39 is 0 Å². The van der Waals surface area contributed by atoms with Crippen molar-refractivity contribution in [1.29, 1.82) is 0 Å². The molecular weight excluding hydrogens is 168 g/mol. The Morgan fingerprint density at radius 1 is 1.77 bits per heavy atom. The van der Waals surface area contributed by atoms with Gasteiger partial charge in [0.1, 0.15) is 0 Å². The lowest BCUT2D eigenvalue weighted by Gasteiger charge is -2.19. The van der Waals surface area contributed by atoms with Crippen molar-refractivity contribution in [2.45, 2.75) is 25.8 Å². The fourth-order valence-corrected chi connectivity index (χ4v) is 1.69. The number of H-pyrrole nitrogens is 1. The van der Waals surface area contributed by atoms with Gasteiger partial charge >= 0.3 is 0 Å². The van der Waals surface area contributed by atoms with Gasteiger partial charge in [-0.1, -0.05) is 0 Å². The van der Waals surface area contributed by atoms with Crippen molar-refractivity contribution in [3.05, 3.63) is 11.9 Å². The Labute approximate surface area is 76.1 Å². The average molecular weight is 180 g/mol. The molecular formula is C8H12N4O. The summed E-state index contributed by atoms with van der Waals surface area (Å²) in [6, 6.07) is 0.337. The van der Waals surface area contributed by atoms with E-state index in [1.807, 2.05) is 4.90 Å². The van der Waals surface area contributed by atoms with Gasteiger partial charge in [0.15, 0.2) is 5.69 Å². The Bertz CT molecular complexity index is 295. The second-order valence-corrected chi connectivity index (χ2v) is 3.35. The highest BCUT2D eigenvalue weighted by atomic mass is 16.2. The fraction of sp³-hybridized carbons (Fsp3) is 0.625. The molecule has 1 aliphatic heterocycles. The predicted molar refractivity (Wildman–Crippen MR) is 46.1 cm³/mol. The van der Waals surface area contributed by atoms with Gasteiger partial charge in [0.05, 0.1) is 6.20 Å². The predicted octanol–water partition coefficient (Wildman–Crippen LogP) is 0.429. The van der Waals surface area contributed by atoms with E-state index >= 15 is 0 Å². The molecule has 5 heteroatoms. The molecule has 0 aliphatic carbocycles. The Hall–Kier alpha value is -1.39. The van der Waals surface area contributed by atoms with E-state index in [2.05, 4.69) is 22.3 Å². The van der Waals surface area contributed by atoms with E-state index in [0.717, 1.165) is 19.4 Å². The molecule has 1 atom stereocenters. The molecule has 1 saturated heterocycles. The maximum Gasteiger partial charge on any atom is 0.276 e. The number of rotatable bonds is 1. The highest BCUT2D eigenvalue weighted by molar-refractivity contribution is 5.92. The fourth-order valence-electron chi connectivity index (χ4n) is 1.69. The van der Waals surface area contributed by atoms with Crippen LogP contribution in [0.2, 0.25) is 0 Å². The van der Waals surface area contributed by atoms with Crippen LogP contribution in [0.1, 0.15) is 30.3 Å². The van der Waals surface area contributed by atoms with Gasteiger partial charge in [-0.3, -0.25) is 4.79 Å². The third kappa shape index (κ3) is 1.41. The largest absolute Gasteiger partial charge is 0.334 e. The van der Waals surface area contributed by atoms with E-state index in [9.17, 15) is 4.79 Å². The molecule has 2 rings (SSSR count). The third-order valence-corrected chi connectivity index (χ3v) is 2.45. The minimum Gasteiger partial charge on any atom is -0.334 e. The Kier molecular flexibility index (Phi) is 2.00. The van der Waals surface area contributed by atoms with Crippen LogP contribution in [0.4, 0.5) is 0 Å². The molecule has 5 nitrogen and oxygen atoms in total. The monoisotopic (exact) mass is 180 g/mol. The molecule has 1 N–H and O–H groups in total. The maximum absolute atomic E-state index is 11.7. The smallest absolute Gasteiger partial charge is 0.276 e. The lowest BCUT2D eigenvalue weighted by molar-refractivity contribution is 0.0741. The lowest BCUT2D eigenvalue weighted by Crippen LogP contribution is -2.33. The second-order valence-electron chi connectivity index (χ2n) is 3.35. The van der Waals surface area contributed by atoms with Crippen LogP contribution >= 0.6 is 0 Å². The van der Waals surface area contributed by atoms with Crippen LogP contribution in [0.25, 0.3) is 0 Å². The van der Waals surface area contributed by atoms with Gasteiger partial charge in [-0.2, -0.15) is 15.4 Å². The van der Waals surface area contributed by atoms with Gasteiger partial charge in [-0.05, 0) is 19.8 Å². The molecule has 1 amide bonds. The number of amides is 1. The van der Waals surface area contributed by atoms with Crippen LogP contribution in [0.15, 0.2) is 6.20 Å². The van der Waals surface area contributed by atoms with Gasteiger partial charge in [-0.25, -0.2) is 0 Å². The number of carbonyl (C=O) groups is 1. The molecule has 1 aromatic heterocycles. The van der Waals surface area contributed by atoms with E-state index in [-0.39, 0.29) is 5.91 Å². The van der Waals surface area contributed by atoms with Crippen LogP contribution in [0.5, 0.6) is 0 Å². The molecule has 1 aromatic rings. The van der Waals surface area contributed by atoms with Crippen molar-refractivity contribution < 1.29 is 4.79 Å². The van der Waals surface area contributed by atoms with Gasteiger partial charge in [-0.15, -0.1) is 0 Å². The topological polar surface area (TPSA) is 61.9 Å². The maximum atomic E-state index is 11.7. The van der Waals surface area contributed by atoms with Crippen LogP contribution < -0.4 is 0 Å². The van der Waals surface area contributed by atoms with Crippen molar-refractivity contribution in [3.63, 3.8) is 0 Å². The van der Waals surface area contributed by atoms with E-state index in [1.165, 1.54) is 6.20 Å². The summed E-state index contributed by atoms with van der Waals surface area (Å²) >= 11 is 0. The van der Waals surface area contributed by atoms with Gasteiger partial charge in [0, 0.05) is 12.6 Å². The zero-order valence-electron chi connectivity index (χ0n) is 7.53. The normalized spacial score (nSPS) is 22.2. The number of aromatic amines is 1. The summed E-state index contributed by atoms with van der Waals surface area (Å²) in [5.74, 6) is -0.0150. The molecule has 0 saturated carbocycles. The highest BCUT2D eigenvalue weighted by Gasteiger charge is 2.27. The van der Waals surface area contributed by atoms with Crippen LogP contribution in [0.3, 0.4) is 0 Å². The molecule has 0 bridgehead atoms. The number of nitrogens with one attached hydrogen (secondary N) is 1. The minimum atomic E-state index is -0.0150. The summed E-state index contributed by atoms with van der Waals surface area (Å²) in [5.41, 5.74) is 0.411. The number of carbonyl (C=O) groups excluding carboxylic acids is 1. The Morgan fingerprint density at radius 2 is 2.62 bits per heavy atom. The summed E-state index contributed by atoms with van der Waals surface area (Å²) in [6.45, 7) is 2.90. The number of hydrogen-bond acceptors (Lipinski definition) is 3. The standard InChI is InChI=1S/C8H12N4O/c1-6-3-2-4-12(6)8(13)7-5-9-11-10-7/h5-6H,2-4H2,1H3,(H,9,10,11). The Morgan fingerprint density at radius 3 is 3.15 bits per heavy atom. The van der Waals surface area contributed by atoms with Gasteiger partial charge in [0.2, 0.25) is 0 Å². The molecule has 0 radical (unpaired) electrons. The summed E-state index contributed by atoms with van der Waals surface area (Å²) in [5, 5.41) is 9.83. The molecule has 2 heterocycles. The third-order valence-electron chi connectivity index (χ3n) is 2.45. The van der Waals surface area contributed by atoms with Gasteiger partial charge in [0.25, 0.3) is 5.91 Å². The highest BCUT2D eigenvalue weighted by Crippen LogP contribution is 2.18. The first-order valence-corrected chi connectivity index (χ1v) is 4.46. The first-order valence-electron chi connectivity index (χ1n) is 4.46. The number of hydrogen-bond donors (Lipinski definition) is 1. The van der Waals surface area contributed by atoms with Crippen molar-refractivity contribution in [3.8, 4) is 0 Å². The van der Waals surface area contributed by atoms with E-state index in [1.54, 1.807) is 0 Å². The van der Waals surface area contributed by atoms with E-state index in [0.29, 0.717) is 11.7 Å². The zero-order chi connectivity index (χ0) is 9.26. The quantitative estimate of drug-likeness (QED) is 0.681. The lowest BCUT2D eigenvalue weighted by atomic mass is 10.2. The van der Waals surface area contributed by atoms with E-state index in [4.69, 9.17) is 0 Å². The molecule has 70 valence electrons. The molecule has 0 aromatic carbocycles. The molecule has 0 spiro atoms. The molecule has 1 aliphatic rings.